The number of nitrogens with zero attached hydrogens (tertiary/aromatic N) is 2. The Hall–Kier alpha value is -1.99. The number of methoxy groups -OCH3 is 1. The van der Waals surface area contributed by atoms with E-state index >= 15 is 0 Å². The van der Waals surface area contributed by atoms with Crippen LogP contribution in [0.25, 0.3) is 10.2 Å². The van der Waals surface area contributed by atoms with E-state index < -0.39 is 9.84 Å². The molecular formula is C14H12N2O3S2. The molecule has 108 valence electrons. The third-order valence-electron chi connectivity index (χ3n) is 2.91. The van der Waals surface area contributed by atoms with Crippen LogP contribution in [0.4, 0.5) is 0 Å². The number of ether oxygens (including phenoxy) is 1. The molecule has 0 aliphatic carbocycles. The highest BCUT2D eigenvalue weighted by Crippen LogP contribution is 2.27. The van der Waals surface area contributed by atoms with Gasteiger partial charge in [0.15, 0.2) is 0 Å². The minimum absolute atomic E-state index is 0.126. The highest BCUT2D eigenvalue weighted by molar-refractivity contribution is 7.92. The smallest absolute Gasteiger partial charge is 0.211 e. The fraction of sp³-hybridized carbons (Fsp3) is 0.143. The lowest BCUT2D eigenvalue weighted by Crippen LogP contribution is -2.06. The molecule has 0 aliphatic heterocycles. The fourth-order valence-corrected chi connectivity index (χ4v) is 4.43. The first-order valence-corrected chi connectivity index (χ1v) is 8.62. The molecule has 0 bridgehead atoms. The van der Waals surface area contributed by atoms with E-state index in [-0.39, 0.29) is 10.1 Å². The van der Waals surface area contributed by atoms with Crippen molar-refractivity contribution >= 4 is 31.4 Å². The van der Waals surface area contributed by atoms with Crippen LogP contribution >= 0.6 is 11.3 Å². The largest absolute Gasteiger partial charge is 0.495 e. The molecule has 0 unspecified atom stereocenters. The van der Waals surface area contributed by atoms with Crippen LogP contribution in [0.15, 0.2) is 46.9 Å². The third kappa shape index (κ3) is 2.88. The Morgan fingerprint density at radius 3 is 2.67 bits per heavy atom. The van der Waals surface area contributed by atoms with Crippen LogP contribution in [0.3, 0.4) is 0 Å². The van der Waals surface area contributed by atoms with E-state index in [4.69, 9.17) is 4.74 Å². The van der Waals surface area contributed by atoms with Crippen molar-refractivity contribution < 1.29 is 13.2 Å². The molecule has 0 spiro atoms. The first kappa shape index (κ1) is 14.0. The van der Waals surface area contributed by atoms with Gasteiger partial charge in [0.05, 0.1) is 35.0 Å². The van der Waals surface area contributed by atoms with Gasteiger partial charge in [-0.15, -0.1) is 11.3 Å². The van der Waals surface area contributed by atoms with Gasteiger partial charge in [0.25, 0.3) is 0 Å². The van der Waals surface area contributed by atoms with Crippen molar-refractivity contribution in [3.8, 4) is 5.75 Å². The van der Waals surface area contributed by atoms with Gasteiger partial charge in [-0.05, 0) is 24.3 Å². The summed E-state index contributed by atoms with van der Waals surface area (Å²) in [6, 6.07) is 10.7. The van der Waals surface area contributed by atoms with Crippen molar-refractivity contribution in [3.05, 3.63) is 48.3 Å². The summed E-state index contributed by atoms with van der Waals surface area (Å²) >= 11 is 1.18. The predicted octanol–water partition coefficient (Wildman–Crippen LogP) is 2.67. The second-order valence-electron chi connectivity index (χ2n) is 4.40. The number of sulfone groups is 1. The van der Waals surface area contributed by atoms with Gasteiger partial charge < -0.3 is 4.74 Å². The zero-order chi connectivity index (χ0) is 14.9. The minimum Gasteiger partial charge on any atom is -0.495 e. The highest BCUT2D eigenvalue weighted by atomic mass is 32.2. The maximum Gasteiger partial charge on any atom is 0.211 e. The summed E-state index contributed by atoms with van der Waals surface area (Å²) in [7, 11) is -1.95. The highest BCUT2D eigenvalue weighted by Gasteiger charge is 2.21. The average Bonchev–Trinajstić information content (AvgIpc) is 2.92. The predicted molar refractivity (Wildman–Crippen MR) is 81.3 cm³/mol. The number of fused-ring (bicyclic) bond motifs is 1. The van der Waals surface area contributed by atoms with Gasteiger partial charge in [-0.2, -0.15) is 0 Å². The van der Waals surface area contributed by atoms with Gasteiger partial charge in [-0.25, -0.2) is 13.4 Å². The standard InChI is InChI=1S/C14H12N2O3S2/c1-19-11-7-6-10(15-8-11)9-21(17,18)14-16-12-4-2-3-5-13(12)20-14/h2-8H,9H2,1H3. The molecule has 7 heteroatoms. The number of thiazole rings is 1. The molecule has 0 saturated heterocycles. The van der Waals surface area contributed by atoms with Crippen molar-refractivity contribution in [2.24, 2.45) is 0 Å². The monoisotopic (exact) mass is 320 g/mol. The molecule has 0 N–H and O–H groups in total. The third-order valence-corrected chi connectivity index (χ3v) is 6.05. The number of hydrogen-bond acceptors (Lipinski definition) is 6. The van der Waals surface area contributed by atoms with Crippen molar-refractivity contribution in [2.45, 2.75) is 10.1 Å². The zero-order valence-corrected chi connectivity index (χ0v) is 12.8. The van der Waals surface area contributed by atoms with Gasteiger partial charge in [-0.1, -0.05) is 12.1 Å². The van der Waals surface area contributed by atoms with Gasteiger partial charge >= 0.3 is 0 Å². The van der Waals surface area contributed by atoms with E-state index in [1.807, 2.05) is 18.2 Å². The Morgan fingerprint density at radius 1 is 1.19 bits per heavy atom. The molecule has 1 aromatic carbocycles. The van der Waals surface area contributed by atoms with Gasteiger partial charge in [-0.3, -0.25) is 4.98 Å². The van der Waals surface area contributed by atoms with Crippen LogP contribution in [0, 0.1) is 0 Å². The molecule has 0 amide bonds. The van der Waals surface area contributed by atoms with E-state index in [1.54, 1.807) is 18.2 Å². The van der Waals surface area contributed by atoms with E-state index in [9.17, 15) is 8.42 Å². The Morgan fingerprint density at radius 2 is 2.00 bits per heavy atom. The molecule has 0 saturated carbocycles. The molecule has 0 atom stereocenters. The molecular weight excluding hydrogens is 308 g/mol. The van der Waals surface area contributed by atoms with Crippen LogP contribution < -0.4 is 4.74 Å². The van der Waals surface area contributed by atoms with Crippen molar-refractivity contribution in [2.75, 3.05) is 7.11 Å². The molecule has 3 rings (SSSR count). The van der Waals surface area contributed by atoms with Gasteiger partial charge in [0.1, 0.15) is 5.75 Å². The first-order chi connectivity index (χ1) is 10.1. The molecule has 2 heterocycles. The number of aromatic nitrogens is 2. The Bertz CT molecular complexity index is 838. The summed E-state index contributed by atoms with van der Waals surface area (Å²) in [5.74, 6) is 0.424. The maximum atomic E-state index is 12.4. The zero-order valence-electron chi connectivity index (χ0n) is 11.2. The lowest BCUT2D eigenvalue weighted by molar-refractivity contribution is 0.412. The number of para-hydroxylation sites is 1. The molecule has 2 aromatic heterocycles. The van der Waals surface area contributed by atoms with Crippen LogP contribution in [-0.4, -0.2) is 25.5 Å². The lowest BCUT2D eigenvalue weighted by atomic mass is 10.3. The number of rotatable bonds is 4. The second-order valence-corrected chi connectivity index (χ2v) is 7.59. The summed E-state index contributed by atoms with van der Waals surface area (Å²) in [6.45, 7) is 0. The van der Waals surface area contributed by atoms with E-state index in [1.165, 1.54) is 24.6 Å². The fourth-order valence-electron chi connectivity index (χ4n) is 1.86. The SMILES string of the molecule is COc1ccc(CS(=O)(=O)c2nc3ccccc3s2)nc1. The first-order valence-electron chi connectivity index (χ1n) is 6.16. The Labute approximate surface area is 126 Å². The van der Waals surface area contributed by atoms with E-state index in [2.05, 4.69) is 9.97 Å². The number of benzene rings is 1. The summed E-state index contributed by atoms with van der Waals surface area (Å²) in [6.07, 6.45) is 1.50. The van der Waals surface area contributed by atoms with Crippen LogP contribution in [0.1, 0.15) is 5.69 Å². The molecule has 5 nitrogen and oxygen atoms in total. The summed E-state index contributed by atoms with van der Waals surface area (Å²) < 4.78 is 30.8. The minimum atomic E-state index is -3.49. The van der Waals surface area contributed by atoms with Gasteiger partial charge in [0, 0.05) is 0 Å². The van der Waals surface area contributed by atoms with E-state index in [0.29, 0.717) is 17.0 Å². The second kappa shape index (κ2) is 5.42. The maximum absolute atomic E-state index is 12.4. The molecule has 0 fully saturated rings. The summed E-state index contributed by atoms with van der Waals surface area (Å²) in [5, 5.41) is 0. The topological polar surface area (TPSA) is 69.2 Å². The molecule has 0 radical (unpaired) electrons. The quantitative estimate of drug-likeness (QED) is 0.739. The van der Waals surface area contributed by atoms with Crippen molar-refractivity contribution in [1.29, 1.82) is 0 Å². The Balaban J connectivity index is 1.92. The van der Waals surface area contributed by atoms with E-state index in [0.717, 1.165) is 4.70 Å². The summed E-state index contributed by atoms with van der Waals surface area (Å²) in [5.41, 5.74) is 1.17. The average molecular weight is 320 g/mol. The van der Waals surface area contributed by atoms with Gasteiger partial charge in [0.2, 0.25) is 14.2 Å². The van der Waals surface area contributed by atoms with Crippen molar-refractivity contribution in [1.82, 2.24) is 9.97 Å². The number of hydrogen-bond donors (Lipinski definition) is 0. The van der Waals surface area contributed by atoms with Crippen molar-refractivity contribution in [3.63, 3.8) is 0 Å². The van der Waals surface area contributed by atoms with Crippen LogP contribution in [-0.2, 0) is 15.6 Å². The molecule has 3 aromatic rings. The Kier molecular flexibility index (Phi) is 3.60. The summed E-state index contributed by atoms with van der Waals surface area (Å²) in [4.78, 5) is 8.28. The molecule has 0 aliphatic rings. The normalized spacial score (nSPS) is 11.7. The number of pyridine rings is 1. The van der Waals surface area contributed by atoms with Crippen LogP contribution in [0.5, 0.6) is 5.75 Å². The lowest BCUT2D eigenvalue weighted by Gasteiger charge is -2.02. The van der Waals surface area contributed by atoms with Crippen LogP contribution in [0.2, 0.25) is 0 Å². The molecule has 21 heavy (non-hydrogen) atoms.